The van der Waals surface area contributed by atoms with Gasteiger partial charge in [-0.2, -0.15) is 0 Å². The first-order valence-electron chi connectivity index (χ1n) is 9.59. The summed E-state index contributed by atoms with van der Waals surface area (Å²) in [4.78, 5) is 12.3. The van der Waals surface area contributed by atoms with E-state index in [9.17, 15) is 13.2 Å². The van der Waals surface area contributed by atoms with E-state index in [2.05, 4.69) is 31.3 Å². The number of benzene rings is 2. The molecular weight excluding hydrogens is 388 g/mol. The number of rotatable bonds is 9. The molecule has 1 atom stereocenters. The van der Waals surface area contributed by atoms with Crippen LogP contribution in [0.25, 0.3) is 0 Å². The quantitative estimate of drug-likeness (QED) is 0.678. The molecule has 2 aromatic rings. The van der Waals surface area contributed by atoms with E-state index in [0.29, 0.717) is 5.75 Å². The van der Waals surface area contributed by atoms with Gasteiger partial charge in [-0.05, 0) is 54.7 Å². The normalized spacial score (nSPS) is 12.6. The maximum atomic E-state index is 12.3. The van der Waals surface area contributed by atoms with E-state index in [1.54, 1.807) is 24.3 Å². The first-order chi connectivity index (χ1) is 13.6. The van der Waals surface area contributed by atoms with Gasteiger partial charge in [0.05, 0.1) is 12.3 Å². The van der Waals surface area contributed by atoms with Gasteiger partial charge in [-0.25, -0.2) is 12.7 Å². The first kappa shape index (κ1) is 22.9. The van der Waals surface area contributed by atoms with Crippen LogP contribution in [0.5, 0.6) is 5.75 Å². The number of nitrogens with zero attached hydrogens (tertiary/aromatic N) is 1. The van der Waals surface area contributed by atoms with Gasteiger partial charge in [0, 0.05) is 13.6 Å². The summed E-state index contributed by atoms with van der Waals surface area (Å²) in [6.07, 6.45) is 1.96. The second-order valence-corrected chi connectivity index (χ2v) is 9.41. The van der Waals surface area contributed by atoms with Gasteiger partial charge in [0.15, 0.2) is 6.61 Å². The Morgan fingerprint density at radius 2 is 1.76 bits per heavy atom. The predicted molar refractivity (Wildman–Crippen MR) is 115 cm³/mol. The predicted octanol–water partition coefficient (Wildman–Crippen LogP) is 3.34. The van der Waals surface area contributed by atoms with Crippen LogP contribution in [0.1, 0.15) is 41.6 Å². The SMILES string of the molecule is CCC(NC(=O)COc1ccc(CN(C)S(C)(=O)=O)cc1)c1ccc(C)c(C)c1. The summed E-state index contributed by atoms with van der Waals surface area (Å²) < 4.78 is 29.8. The van der Waals surface area contributed by atoms with Crippen molar-refractivity contribution in [2.45, 2.75) is 39.8 Å². The molecule has 0 saturated carbocycles. The Labute approximate surface area is 173 Å². The Hall–Kier alpha value is -2.38. The van der Waals surface area contributed by atoms with E-state index in [4.69, 9.17) is 4.74 Å². The third kappa shape index (κ3) is 6.87. The molecule has 0 aliphatic carbocycles. The smallest absolute Gasteiger partial charge is 0.258 e. The Bertz CT molecular complexity index is 940. The number of sulfonamides is 1. The van der Waals surface area contributed by atoms with Crippen molar-refractivity contribution in [3.63, 3.8) is 0 Å². The molecule has 0 fully saturated rings. The van der Waals surface area contributed by atoms with Gasteiger partial charge in [-0.15, -0.1) is 0 Å². The van der Waals surface area contributed by atoms with Crippen molar-refractivity contribution in [3.8, 4) is 5.75 Å². The lowest BCUT2D eigenvalue weighted by Crippen LogP contribution is -2.32. The number of carbonyl (C=O) groups is 1. The average molecular weight is 419 g/mol. The fourth-order valence-electron chi connectivity index (χ4n) is 2.85. The lowest BCUT2D eigenvalue weighted by atomic mass is 9.99. The fourth-order valence-corrected chi connectivity index (χ4v) is 3.24. The molecule has 0 aromatic heterocycles. The molecule has 158 valence electrons. The third-order valence-corrected chi connectivity index (χ3v) is 6.20. The van der Waals surface area contributed by atoms with Gasteiger partial charge in [-0.3, -0.25) is 4.79 Å². The highest BCUT2D eigenvalue weighted by Crippen LogP contribution is 2.20. The average Bonchev–Trinajstić information content (AvgIpc) is 2.67. The topological polar surface area (TPSA) is 75.7 Å². The molecule has 29 heavy (non-hydrogen) atoms. The summed E-state index contributed by atoms with van der Waals surface area (Å²) in [5.74, 6) is 0.376. The molecule has 0 saturated heterocycles. The molecule has 1 N–H and O–H groups in total. The van der Waals surface area contributed by atoms with Crippen molar-refractivity contribution in [2.75, 3.05) is 19.9 Å². The molecule has 0 spiro atoms. The van der Waals surface area contributed by atoms with Crippen LogP contribution in [-0.4, -0.2) is 38.5 Å². The monoisotopic (exact) mass is 418 g/mol. The van der Waals surface area contributed by atoms with E-state index in [1.807, 2.05) is 13.0 Å². The lowest BCUT2D eigenvalue weighted by Gasteiger charge is -2.19. The molecule has 0 bridgehead atoms. The number of ether oxygens (including phenoxy) is 1. The highest BCUT2D eigenvalue weighted by atomic mass is 32.2. The Kier molecular flexibility index (Phi) is 7.81. The van der Waals surface area contributed by atoms with E-state index in [-0.39, 0.29) is 25.1 Å². The summed E-state index contributed by atoms with van der Waals surface area (Å²) in [5.41, 5.74) is 4.36. The second kappa shape index (κ2) is 9.89. The Morgan fingerprint density at radius 3 is 2.31 bits per heavy atom. The second-order valence-electron chi connectivity index (χ2n) is 7.32. The van der Waals surface area contributed by atoms with E-state index >= 15 is 0 Å². The number of carbonyl (C=O) groups excluding carboxylic acids is 1. The van der Waals surface area contributed by atoms with E-state index in [1.165, 1.54) is 28.7 Å². The largest absolute Gasteiger partial charge is 0.484 e. The molecule has 1 unspecified atom stereocenters. The van der Waals surface area contributed by atoms with Crippen molar-refractivity contribution in [2.24, 2.45) is 0 Å². The highest BCUT2D eigenvalue weighted by molar-refractivity contribution is 7.88. The minimum Gasteiger partial charge on any atom is -0.484 e. The Balaban J connectivity index is 1.90. The molecule has 0 aliphatic rings. The summed E-state index contributed by atoms with van der Waals surface area (Å²) in [5, 5.41) is 3.02. The molecular formula is C22H30N2O4S. The van der Waals surface area contributed by atoms with Crippen LogP contribution >= 0.6 is 0 Å². The summed E-state index contributed by atoms with van der Waals surface area (Å²) in [6.45, 7) is 6.37. The number of aryl methyl sites for hydroxylation is 2. The summed E-state index contributed by atoms with van der Waals surface area (Å²) >= 11 is 0. The number of hydrogen-bond acceptors (Lipinski definition) is 4. The molecule has 2 aromatic carbocycles. The summed E-state index contributed by atoms with van der Waals surface area (Å²) in [6, 6.07) is 13.2. The fraction of sp³-hybridized carbons (Fsp3) is 0.409. The zero-order valence-corrected chi connectivity index (χ0v) is 18.5. The van der Waals surface area contributed by atoms with Crippen LogP contribution in [0.4, 0.5) is 0 Å². The van der Waals surface area contributed by atoms with Crippen LogP contribution in [0.3, 0.4) is 0 Å². The van der Waals surface area contributed by atoms with Gasteiger partial charge in [0.2, 0.25) is 10.0 Å². The molecule has 1 amide bonds. The number of hydrogen-bond donors (Lipinski definition) is 1. The third-order valence-electron chi connectivity index (χ3n) is 4.94. The minimum atomic E-state index is -3.23. The van der Waals surface area contributed by atoms with Gasteiger partial charge in [0.1, 0.15) is 5.75 Å². The Morgan fingerprint density at radius 1 is 1.10 bits per heavy atom. The van der Waals surface area contributed by atoms with Gasteiger partial charge >= 0.3 is 0 Å². The van der Waals surface area contributed by atoms with Crippen LogP contribution in [-0.2, 0) is 21.4 Å². The maximum Gasteiger partial charge on any atom is 0.258 e. The van der Waals surface area contributed by atoms with Crippen molar-refractivity contribution in [3.05, 3.63) is 64.7 Å². The molecule has 0 radical (unpaired) electrons. The molecule has 2 rings (SSSR count). The maximum absolute atomic E-state index is 12.3. The molecule has 6 nitrogen and oxygen atoms in total. The van der Waals surface area contributed by atoms with Crippen molar-refractivity contribution in [1.82, 2.24) is 9.62 Å². The molecule has 0 heterocycles. The summed E-state index contributed by atoms with van der Waals surface area (Å²) in [7, 11) is -1.69. The molecule has 0 aliphatic heterocycles. The van der Waals surface area contributed by atoms with Gasteiger partial charge < -0.3 is 10.1 Å². The van der Waals surface area contributed by atoms with Crippen molar-refractivity contribution in [1.29, 1.82) is 0 Å². The standard InChI is InChI=1S/C22H30N2O4S/c1-6-21(19-10-7-16(2)17(3)13-19)23-22(25)15-28-20-11-8-18(9-12-20)14-24(4)29(5,26)27/h7-13,21H,6,14-15H2,1-5H3,(H,23,25). The van der Waals surface area contributed by atoms with Crippen LogP contribution in [0, 0.1) is 13.8 Å². The van der Waals surface area contributed by atoms with Crippen LogP contribution in [0.15, 0.2) is 42.5 Å². The van der Waals surface area contributed by atoms with Crippen LogP contribution in [0.2, 0.25) is 0 Å². The van der Waals surface area contributed by atoms with Gasteiger partial charge in [-0.1, -0.05) is 37.3 Å². The van der Waals surface area contributed by atoms with E-state index < -0.39 is 10.0 Å². The minimum absolute atomic E-state index is 0.0562. The van der Waals surface area contributed by atoms with Crippen molar-refractivity contribution < 1.29 is 17.9 Å². The van der Waals surface area contributed by atoms with E-state index in [0.717, 1.165) is 17.5 Å². The van der Waals surface area contributed by atoms with Crippen molar-refractivity contribution >= 4 is 15.9 Å². The lowest BCUT2D eigenvalue weighted by molar-refractivity contribution is -0.123. The highest BCUT2D eigenvalue weighted by Gasteiger charge is 2.14. The number of nitrogens with one attached hydrogen (secondary N) is 1. The number of amides is 1. The van der Waals surface area contributed by atoms with Crippen LogP contribution < -0.4 is 10.1 Å². The zero-order chi connectivity index (χ0) is 21.6. The van der Waals surface area contributed by atoms with Gasteiger partial charge in [0.25, 0.3) is 5.91 Å². The first-order valence-corrected chi connectivity index (χ1v) is 11.4. The molecule has 7 heteroatoms. The zero-order valence-electron chi connectivity index (χ0n) is 17.7.